The number of nitrogens with zero attached hydrogens (tertiary/aromatic N) is 7. The summed E-state index contributed by atoms with van der Waals surface area (Å²) in [4.78, 5) is 19.2. The number of anilines is 2. The van der Waals surface area contributed by atoms with Crippen LogP contribution < -0.4 is 4.90 Å². The molecule has 0 aliphatic carbocycles. The molecule has 0 saturated carbocycles. The number of likely N-dealkylation sites (tertiary alicyclic amines) is 2. The molecule has 4 aromatic heterocycles. The van der Waals surface area contributed by atoms with Crippen LogP contribution >= 0.6 is 11.8 Å². The molecule has 6 aromatic rings. The molecule has 9 rings (SSSR count). The number of aromatic amines is 2. The molecule has 0 unspecified atom stereocenters. The topological polar surface area (TPSA) is 92.9 Å². The van der Waals surface area contributed by atoms with Gasteiger partial charge in [0.2, 0.25) is 0 Å². The lowest BCUT2D eigenvalue weighted by Crippen LogP contribution is -2.46. The first-order valence-electron chi connectivity index (χ1n) is 14.4. The first kappa shape index (κ1) is 24.4. The van der Waals surface area contributed by atoms with E-state index < -0.39 is 0 Å². The van der Waals surface area contributed by atoms with Crippen molar-refractivity contribution >= 4 is 45.2 Å². The standard InChI is InChI=1S/C32H29N9S/c1-39-17-22-14-21(39)18-40(22)10-11-41-27-4-2-19(23-6-8-33-31-25(23)15-35-37-31)12-29(27)42-30-13-20(3-5-28(30)41)24-7-9-34-32-26(24)16-36-38-32/h2-9,12-13,15-16,21-22H,10-11,14,17-18H2,1H3,(H,33,35,37)(H,34,36,38)/t21-,22-/m1/s1. The average Bonchev–Trinajstić information content (AvgIpc) is 3.82. The van der Waals surface area contributed by atoms with Crippen LogP contribution in [0.15, 0.2) is 83.1 Å². The predicted molar refractivity (Wildman–Crippen MR) is 166 cm³/mol. The molecule has 9 nitrogen and oxygen atoms in total. The lowest BCUT2D eigenvalue weighted by atomic mass is 10.0. The van der Waals surface area contributed by atoms with E-state index in [0.29, 0.717) is 12.1 Å². The number of aromatic nitrogens is 6. The van der Waals surface area contributed by atoms with Crippen LogP contribution in [0.1, 0.15) is 6.42 Å². The Morgan fingerprint density at radius 3 is 1.93 bits per heavy atom. The number of fused-ring (bicyclic) bond motifs is 6. The van der Waals surface area contributed by atoms with Gasteiger partial charge in [0.25, 0.3) is 0 Å². The molecule has 0 amide bonds. The van der Waals surface area contributed by atoms with Crippen molar-refractivity contribution in [3.63, 3.8) is 0 Å². The summed E-state index contributed by atoms with van der Waals surface area (Å²) in [6.07, 6.45) is 8.73. The minimum Gasteiger partial charge on any atom is -0.338 e. The molecule has 2 saturated heterocycles. The summed E-state index contributed by atoms with van der Waals surface area (Å²) >= 11 is 1.85. The molecule has 10 heteroatoms. The summed E-state index contributed by atoms with van der Waals surface area (Å²) < 4.78 is 0. The highest BCUT2D eigenvalue weighted by Crippen LogP contribution is 2.50. The van der Waals surface area contributed by atoms with Crippen LogP contribution in [0.25, 0.3) is 44.3 Å². The minimum atomic E-state index is 0.677. The highest BCUT2D eigenvalue weighted by molar-refractivity contribution is 7.99. The van der Waals surface area contributed by atoms with Crippen LogP contribution in [0.3, 0.4) is 0 Å². The third-order valence-electron chi connectivity index (χ3n) is 9.29. The Balaban J connectivity index is 1.12. The largest absolute Gasteiger partial charge is 0.338 e. The van der Waals surface area contributed by atoms with E-state index in [4.69, 9.17) is 0 Å². The Hall–Kier alpha value is -4.25. The normalized spacial score (nSPS) is 20.1. The number of likely N-dealkylation sites (N-methyl/N-ethyl adjacent to an activating group) is 1. The molecule has 3 aliphatic heterocycles. The van der Waals surface area contributed by atoms with E-state index in [1.165, 1.54) is 51.8 Å². The van der Waals surface area contributed by atoms with Gasteiger partial charge in [-0.25, -0.2) is 9.97 Å². The van der Waals surface area contributed by atoms with Gasteiger partial charge in [0, 0.05) is 71.2 Å². The maximum atomic E-state index is 4.45. The zero-order valence-electron chi connectivity index (χ0n) is 23.2. The van der Waals surface area contributed by atoms with Crippen molar-refractivity contribution in [1.29, 1.82) is 0 Å². The Labute approximate surface area is 247 Å². The van der Waals surface area contributed by atoms with Crippen molar-refractivity contribution in [2.24, 2.45) is 0 Å². The van der Waals surface area contributed by atoms with E-state index in [1.54, 1.807) is 0 Å². The number of H-pyrrole nitrogens is 2. The van der Waals surface area contributed by atoms with E-state index in [1.807, 2.05) is 36.5 Å². The molecule has 42 heavy (non-hydrogen) atoms. The first-order valence-corrected chi connectivity index (χ1v) is 15.3. The molecule has 3 aliphatic rings. The quantitative estimate of drug-likeness (QED) is 0.278. The summed E-state index contributed by atoms with van der Waals surface area (Å²) in [5, 5.41) is 16.6. The van der Waals surface area contributed by atoms with Gasteiger partial charge in [0.05, 0.1) is 23.8 Å². The average molecular weight is 572 g/mol. The van der Waals surface area contributed by atoms with Crippen molar-refractivity contribution in [2.75, 3.05) is 38.1 Å². The molecule has 0 spiro atoms. The smallest absolute Gasteiger partial charge is 0.155 e. The second-order valence-corrected chi connectivity index (χ2v) is 12.7. The van der Waals surface area contributed by atoms with Gasteiger partial charge in [0.1, 0.15) is 0 Å². The van der Waals surface area contributed by atoms with Gasteiger partial charge in [-0.05, 0) is 72.1 Å². The van der Waals surface area contributed by atoms with Crippen LogP contribution in [0.2, 0.25) is 0 Å². The van der Waals surface area contributed by atoms with E-state index in [2.05, 4.69) is 101 Å². The zero-order chi connectivity index (χ0) is 27.8. The van der Waals surface area contributed by atoms with Gasteiger partial charge in [-0.1, -0.05) is 23.9 Å². The van der Waals surface area contributed by atoms with E-state index in [0.717, 1.165) is 46.3 Å². The fourth-order valence-electron chi connectivity index (χ4n) is 7.12. The number of benzene rings is 2. The van der Waals surface area contributed by atoms with E-state index in [9.17, 15) is 0 Å². The molecule has 2 N–H and O–H groups in total. The summed E-state index contributed by atoms with van der Waals surface area (Å²) in [6.45, 7) is 4.37. The highest BCUT2D eigenvalue weighted by atomic mass is 32.2. The summed E-state index contributed by atoms with van der Waals surface area (Å²) in [6, 6.07) is 19.3. The van der Waals surface area contributed by atoms with Crippen LogP contribution in [0.4, 0.5) is 11.4 Å². The highest BCUT2D eigenvalue weighted by Gasteiger charge is 2.41. The number of pyridine rings is 2. The number of hydrogen-bond acceptors (Lipinski definition) is 8. The second kappa shape index (κ2) is 9.38. The fraction of sp³-hybridized carbons (Fsp3) is 0.250. The van der Waals surface area contributed by atoms with E-state index >= 15 is 0 Å². The minimum absolute atomic E-state index is 0.677. The maximum absolute atomic E-state index is 4.45. The third-order valence-corrected chi connectivity index (χ3v) is 10.4. The molecule has 208 valence electrons. The van der Waals surface area contributed by atoms with Gasteiger partial charge in [-0.15, -0.1) is 0 Å². The number of nitrogens with one attached hydrogen (secondary N) is 2. The third kappa shape index (κ3) is 3.79. The Morgan fingerprint density at radius 2 is 1.38 bits per heavy atom. The zero-order valence-corrected chi connectivity index (χ0v) is 24.0. The van der Waals surface area contributed by atoms with Crippen LogP contribution in [-0.2, 0) is 0 Å². The van der Waals surface area contributed by atoms with Gasteiger partial charge in [-0.2, -0.15) is 10.2 Å². The number of rotatable bonds is 5. The molecule has 7 heterocycles. The molecule has 2 fully saturated rings. The second-order valence-electron chi connectivity index (χ2n) is 11.6. The maximum Gasteiger partial charge on any atom is 0.155 e. The number of hydrogen-bond donors (Lipinski definition) is 2. The van der Waals surface area contributed by atoms with Crippen molar-refractivity contribution < 1.29 is 0 Å². The van der Waals surface area contributed by atoms with Crippen LogP contribution in [-0.4, -0.2) is 85.5 Å². The summed E-state index contributed by atoms with van der Waals surface area (Å²) in [5.41, 5.74) is 8.77. The molecule has 0 radical (unpaired) electrons. The van der Waals surface area contributed by atoms with Crippen molar-refractivity contribution in [3.8, 4) is 22.3 Å². The lowest BCUT2D eigenvalue weighted by Gasteiger charge is -2.37. The molecular formula is C32H29N9S. The Bertz CT molecular complexity index is 1850. The fourth-order valence-corrected chi connectivity index (χ4v) is 8.29. The van der Waals surface area contributed by atoms with Gasteiger partial charge < -0.3 is 9.80 Å². The van der Waals surface area contributed by atoms with Gasteiger partial charge in [0.15, 0.2) is 11.3 Å². The molecular weight excluding hydrogens is 542 g/mol. The molecule has 2 aromatic carbocycles. The molecule has 2 bridgehead atoms. The lowest BCUT2D eigenvalue weighted by molar-refractivity contribution is 0.153. The van der Waals surface area contributed by atoms with Crippen molar-refractivity contribution in [3.05, 3.63) is 73.3 Å². The van der Waals surface area contributed by atoms with Crippen molar-refractivity contribution in [2.45, 2.75) is 28.3 Å². The monoisotopic (exact) mass is 571 g/mol. The summed E-state index contributed by atoms with van der Waals surface area (Å²) in [7, 11) is 2.27. The Kier molecular flexibility index (Phi) is 5.44. The number of piperazine rings is 1. The first-order chi connectivity index (χ1) is 20.7. The predicted octanol–water partition coefficient (Wildman–Crippen LogP) is 5.55. The van der Waals surface area contributed by atoms with Gasteiger partial charge in [-0.3, -0.25) is 15.1 Å². The summed E-state index contributed by atoms with van der Waals surface area (Å²) in [5.74, 6) is 0. The van der Waals surface area contributed by atoms with Crippen molar-refractivity contribution in [1.82, 2.24) is 40.2 Å². The molecule has 2 atom stereocenters. The van der Waals surface area contributed by atoms with E-state index in [-0.39, 0.29) is 0 Å². The van der Waals surface area contributed by atoms with Gasteiger partial charge >= 0.3 is 0 Å². The Morgan fingerprint density at radius 1 is 0.762 bits per heavy atom. The van der Waals surface area contributed by atoms with Crippen LogP contribution in [0.5, 0.6) is 0 Å². The SMILES string of the molecule is CN1C[C@H]2C[C@@H]1CN2CCN1c2ccc(-c3ccnc4[nH]ncc34)cc2Sc2cc(-c3ccnc4[nH]ncc34)ccc21. The van der Waals surface area contributed by atoms with Crippen LogP contribution in [0, 0.1) is 0 Å².